The van der Waals surface area contributed by atoms with Crippen LogP contribution in [0.2, 0.25) is 0 Å². The van der Waals surface area contributed by atoms with Crippen molar-refractivity contribution in [1.29, 1.82) is 0 Å². The summed E-state index contributed by atoms with van der Waals surface area (Å²) in [5.74, 6) is -0.0601. The Balaban J connectivity index is 2.80. The molecule has 1 aliphatic heterocycles. The number of allylic oxidation sites excluding steroid dienone is 1. The summed E-state index contributed by atoms with van der Waals surface area (Å²) in [6.07, 6.45) is 6.85. The predicted molar refractivity (Wildman–Crippen MR) is 52.3 cm³/mol. The van der Waals surface area contributed by atoms with E-state index in [4.69, 9.17) is 4.74 Å². The average molecular weight is 182 g/mol. The SMILES string of the molecule is CCC=CC1(CC)CC(=O)OC1C. The molecule has 0 bridgehead atoms. The molecule has 1 saturated heterocycles. The molecule has 1 rings (SSSR count). The highest BCUT2D eigenvalue weighted by molar-refractivity contribution is 5.73. The van der Waals surface area contributed by atoms with Crippen molar-refractivity contribution in [3.05, 3.63) is 12.2 Å². The molecule has 0 N–H and O–H groups in total. The number of hydrogen-bond acceptors (Lipinski definition) is 2. The van der Waals surface area contributed by atoms with Crippen molar-refractivity contribution in [3.63, 3.8) is 0 Å². The molecule has 13 heavy (non-hydrogen) atoms. The molecule has 0 aliphatic carbocycles. The summed E-state index contributed by atoms with van der Waals surface area (Å²) in [6, 6.07) is 0. The first-order valence-corrected chi connectivity index (χ1v) is 5.02. The summed E-state index contributed by atoms with van der Waals surface area (Å²) in [5.41, 5.74) is -0.0346. The summed E-state index contributed by atoms with van der Waals surface area (Å²) in [7, 11) is 0. The summed E-state index contributed by atoms with van der Waals surface area (Å²) in [4.78, 5) is 11.1. The van der Waals surface area contributed by atoms with E-state index < -0.39 is 0 Å². The topological polar surface area (TPSA) is 26.3 Å². The fraction of sp³-hybridized carbons (Fsp3) is 0.727. The molecule has 1 aliphatic rings. The number of carbonyl (C=O) groups is 1. The Morgan fingerprint density at radius 2 is 2.31 bits per heavy atom. The van der Waals surface area contributed by atoms with Crippen molar-refractivity contribution in [2.75, 3.05) is 0 Å². The monoisotopic (exact) mass is 182 g/mol. The van der Waals surface area contributed by atoms with Gasteiger partial charge in [-0.05, 0) is 19.8 Å². The molecule has 0 aromatic carbocycles. The lowest BCUT2D eigenvalue weighted by atomic mass is 9.78. The van der Waals surface area contributed by atoms with Crippen LogP contribution in [0.3, 0.4) is 0 Å². The van der Waals surface area contributed by atoms with E-state index >= 15 is 0 Å². The zero-order valence-electron chi connectivity index (χ0n) is 8.67. The van der Waals surface area contributed by atoms with Gasteiger partial charge in [0.15, 0.2) is 0 Å². The van der Waals surface area contributed by atoms with Gasteiger partial charge in [-0.1, -0.05) is 26.0 Å². The molecule has 0 spiro atoms. The first-order valence-electron chi connectivity index (χ1n) is 5.02. The summed E-state index contributed by atoms with van der Waals surface area (Å²) >= 11 is 0. The van der Waals surface area contributed by atoms with Crippen LogP contribution in [0.25, 0.3) is 0 Å². The van der Waals surface area contributed by atoms with Crippen LogP contribution in [0.4, 0.5) is 0 Å². The second-order valence-electron chi connectivity index (χ2n) is 3.71. The van der Waals surface area contributed by atoms with Gasteiger partial charge in [0, 0.05) is 5.41 Å². The van der Waals surface area contributed by atoms with Crippen LogP contribution in [0.5, 0.6) is 0 Å². The van der Waals surface area contributed by atoms with E-state index in [1.807, 2.05) is 6.92 Å². The van der Waals surface area contributed by atoms with E-state index in [0.717, 1.165) is 12.8 Å². The highest BCUT2D eigenvalue weighted by Gasteiger charge is 2.43. The first kappa shape index (κ1) is 10.3. The Bertz CT molecular complexity index is 220. The van der Waals surface area contributed by atoms with E-state index in [-0.39, 0.29) is 17.5 Å². The molecule has 0 aromatic rings. The number of hydrogen-bond donors (Lipinski definition) is 0. The number of ether oxygens (including phenoxy) is 1. The van der Waals surface area contributed by atoms with Crippen LogP contribution in [0, 0.1) is 5.41 Å². The number of esters is 1. The minimum atomic E-state index is -0.0601. The van der Waals surface area contributed by atoms with Crippen molar-refractivity contribution < 1.29 is 9.53 Å². The molecular formula is C11H18O2. The van der Waals surface area contributed by atoms with Crippen LogP contribution in [0.1, 0.15) is 40.0 Å². The van der Waals surface area contributed by atoms with Gasteiger partial charge in [-0.3, -0.25) is 4.79 Å². The van der Waals surface area contributed by atoms with Crippen molar-refractivity contribution in [2.24, 2.45) is 5.41 Å². The molecule has 1 heterocycles. The van der Waals surface area contributed by atoms with Crippen LogP contribution in [0.15, 0.2) is 12.2 Å². The lowest BCUT2D eigenvalue weighted by Gasteiger charge is -2.25. The molecule has 0 amide bonds. The van der Waals surface area contributed by atoms with Gasteiger partial charge in [0.2, 0.25) is 0 Å². The lowest BCUT2D eigenvalue weighted by molar-refractivity contribution is -0.141. The maximum Gasteiger partial charge on any atom is 0.307 e. The van der Waals surface area contributed by atoms with Gasteiger partial charge in [0.1, 0.15) is 6.10 Å². The van der Waals surface area contributed by atoms with E-state index in [9.17, 15) is 4.79 Å². The van der Waals surface area contributed by atoms with Crippen LogP contribution in [-0.4, -0.2) is 12.1 Å². The smallest absolute Gasteiger partial charge is 0.307 e. The average Bonchev–Trinajstić information content (AvgIpc) is 2.38. The van der Waals surface area contributed by atoms with Crippen molar-refractivity contribution in [2.45, 2.75) is 46.1 Å². The summed E-state index contributed by atoms with van der Waals surface area (Å²) in [5, 5.41) is 0. The standard InChI is InChI=1S/C11H18O2/c1-4-6-7-11(5-2)8-10(12)13-9(11)3/h6-7,9H,4-5,8H2,1-3H3. The minimum Gasteiger partial charge on any atom is -0.462 e. The van der Waals surface area contributed by atoms with Gasteiger partial charge in [0.05, 0.1) is 6.42 Å². The highest BCUT2D eigenvalue weighted by Crippen LogP contribution is 2.40. The number of rotatable bonds is 3. The second kappa shape index (κ2) is 3.95. The van der Waals surface area contributed by atoms with Gasteiger partial charge in [-0.25, -0.2) is 0 Å². The molecule has 0 radical (unpaired) electrons. The lowest BCUT2D eigenvalue weighted by Crippen LogP contribution is -2.25. The molecular weight excluding hydrogens is 164 g/mol. The molecule has 2 atom stereocenters. The summed E-state index contributed by atoms with van der Waals surface area (Å²) < 4.78 is 5.17. The zero-order chi connectivity index (χ0) is 9.90. The van der Waals surface area contributed by atoms with E-state index in [1.165, 1.54) is 0 Å². The third-order valence-electron chi connectivity index (χ3n) is 2.94. The Morgan fingerprint density at radius 1 is 1.62 bits per heavy atom. The summed E-state index contributed by atoms with van der Waals surface area (Å²) in [6.45, 7) is 6.19. The van der Waals surface area contributed by atoms with Crippen molar-refractivity contribution >= 4 is 5.97 Å². The van der Waals surface area contributed by atoms with Gasteiger partial charge < -0.3 is 4.74 Å². The Hall–Kier alpha value is -0.790. The second-order valence-corrected chi connectivity index (χ2v) is 3.71. The number of cyclic esters (lactones) is 1. The number of carbonyl (C=O) groups excluding carboxylic acids is 1. The third-order valence-corrected chi connectivity index (χ3v) is 2.94. The Morgan fingerprint density at radius 3 is 2.69 bits per heavy atom. The Labute approximate surface area is 80.0 Å². The highest BCUT2D eigenvalue weighted by atomic mass is 16.6. The molecule has 0 saturated carbocycles. The first-order chi connectivity index (χ1) is 6.14. The fourth-order valence-electron chi connectivity index (χ4n) is 1.85. The maximum atomic E-state index is 11.1. The molecule has 2 nitrogen and oxygen atoms in total. The largest absolute Gasteiger partial charge is 0.462 e. The van der Waals surface area contributed by atoms with E-state index in [0.29, 0.717) is 6.42 Å². The molecule has 0 aromatic heterocycles. The predicted octanol–water partition coefficient (Wildman–Crippen LogP) is 2.68. The minimum absolute atomic E-state index is 0.0346. The van der Waals surface area contributed by atoms with Crippen LogP contribution in [-0.2, 0) is 9.53 Å². The molecule has 2 heteroatoms. The molecule has 1 fully saturated rings. The van der Waals surface area contributed by atoms with Gasteiger partial charge >= 0.3 is 5.97 Å². The van der Waals surface area contributed by atoms with E-state index in [1.54, 1.807) is 0 Å². The van der Waals surface area contributed by atoms with Crippen LogP contribution >= 0.6 is 0 Å². The zero-order valence-corrected chi connectivity index (χ0v) is 8.67. The molecule has 74 valence electrons. The normalized spacial score (nSPS) is 34.1. The van der Waals surface area contributed by atoms with Gasteiger partial charge in [-0.2, -0.15) is 0 Å². The van der Waals surface area contributed by atoms with Crippen LogP contribution < -0.4 is 0 Å². The third kappa shape index (κ3) is 1.93. The van der Waals surface area contributed by atoms with Crippen molar-refractivity contribution in [1.82, 2.24) is 0 Å². The van der Waals surface area contributed by atoms with Gasteiger partial charge in [0.25, 0.3) is 0 Å². The fourth-order valence-corrected chi connectivity index (χ4v) is 1.85. The molecule has 2 unspecified atom stereocenters. The Kier molecular flexibility index (Phi) is 3.12. The van der Waals surface area contributed by atoms with E-state index in [2.05, 4.69) is 26.0 Å². The van der Waals surface area contributed by atoms with Crippen molar-refractivity contribution in [3.8, 4) is 0 Å². The van der Waals surface area contributed by atoms with Gasteiger partial charge in [-0.15, -0.1) is 0 Å². The quantitative estimate of drug-likeness (QED) is 0.495. The maximum absolute atomic E-state index is 11.1.